The largest absolute Gasteiger partial charge is 0.493 e. The minimum absolute atomic E-state index is 0.108. The molecular weight excluding hydrogens is 304 g/mol. The van der Waals surface area contributed by atoms with E-state index in [0.29, 0.717) is 11.5 Å². The molecule has 2 aromatic rings. The molecule has 5 nitrogen and oxygen atoms in total. The average molecular weight is 327 g/mol. The summed E-state index contributed by atoms with van der Waals surface area (Å²) >= 11 is 0. The Morgan fingerprint density at radius 1 is 1.08 bits per heavy atom. The van der Waals surface area contributed by atoms with E-state index in [0.717, 1.165) is 30.8 Å². The lowest BCUT2D eigenvalue weighted by molar-refractivity contribution is -0.676. The van der Waals surface area contributed by atoms with Crippen molar-refractivity contribution in [1.29, 1.82) is 0 Å². The first-order valence-electron chi connectivity index (χ1n) is 8.11. The molecule has 0 radical (unpaired) electrons. The summed E-state index contributed by atoms with van der Waals surface area (Å²) in [5, 5.41) is 6.50. The van der Waals surface area contributed by atoms with E-state index < -0.39 is 0 Å². The Hall–Kier alpha value is -2.53. The van der Waals surface area contributed by atoms with Gasteiger partial charge in [0.05, 0.1) is 19.9 Å². The van der Waals surface area contributed by atoms with Gasteiger partial charge in [0, 0.05) is 17.5 Å². The van der Waals surface area contributed by atoms with Gasteiger partial charge in [-0.3, -0.25) is 0 Å². The molecule has 24 heavy (non-hydrogen) atoms. The van der Waals surface area contributed by atoms with Gasteiger partial charge in [0.15, 0.2) is 17.6 Å². The lowest BCUT2D eigenvalue weighted by atomic mass is 10.0. The number of nitrogens with two attached hydrogens (primary N) is 1. The minimum atomic E-state index is 0.108. The lowest BCUT2D eigenvalue weighted by Crippen LogP contribution is -2.84. The SMILES string of the molecule is COc1ccc(C2=NO[C@H](C[NH2+]Cc3ccccc3)C2)cc1OC. The molecule has 5 heteroatoms. The number of ether oxygens (including phenoxy) is 2. The summed E-state index contributed by atoms with van der Waals surface area (Å²) in [4.78, 5) is 5.57. The normalized spacial score (nSPS) is 16.4. The zero-order valence-electron chi connectivity index (χ0n) is 14.1. The van der Waals surface area contributed by atoms with Crippen molar-refractivity contribution >= 4 is 5.71 Å². The van der Waals surface area contributed by atoms with Crippen molar-refractivity contribution in [2.45, 2.75) is 19.1 Å². The van der Waals surface area contributed by atoms with Crippen LogP contribution in [0.1, 0.15) is 17.5 Å². The highest BCUT2D eigenvalue weighted by molar-refractivity contribution is 6.01. The second-order valence-corrected chi connectivity index (χ2v) is 5.75. The molecule has 0 aliphatic carbocycles. The van der Waals surface area contributed by atoms with Crippen LogP contribution in [-0.4, -0.2) is 32.6 Å². The lowest BCUT2D eigenvalue weighted by Gasteiger charge is -2.09. The van der Waals surface area contributed by atoms with Crippen molar-refractivity contribution < 1.29 is 19.6 Å². The van der Waals surface area contributed by atoms with E-state index in [9.17, 15) is 0 Å². The summed E-state index contributed by atoms with van der Waals surface area (Å²) in [5.41, 5.74) is 3.28. The van der Waals surface area contributed by atoms with Crippen molar-refractivity contribution in [3.63, 3.8) is 0 Å². The minimum Gasteiger partial charge on any atom is -0.493 e. The van der Waals surface area contributed by atoms with Gasteiger partial charge in [0.1, 0.15) is 13.1 Å². The van der Waals surface area contributed by atoms with E-state index in [1.54, 1.807) is 14.2 Å². The number of nitrogens with zero attached hydrogens (tertiary/aromatic N) is 1. The van der Waals surface area contributed by atoms with Gasteiger partial charge in [-0.25, -0.2) is 0 Å². The first-order valence-corrected chi connectivity index (χ1v) is 8.11. The van der Waals surface area contributed by atoms with Crippen molar-refractivity contribution in [3.05, 3.63) is 59.7 Å². The number of oxime groups is 1. The molecule has 1 heterocycles. The molecule has 0 saturated heterocycles. The zero-order chi connectivity index (χ0) is 16.8. The highest BCUT2D eigenvalue weighted by atomic mass is 16.6. The van der Waals surface area contributed by atoms with Crippen molar-refractivity contribution in [2.75, 3.05) is 20.8 Å². The fourth-order valence-corrected chi connectivity index (χ4v) is 2.79. The van der Waals surface area contributed by atoms with Gasteiger partial charge < -0.3 is 19.6 Å². The molecule has 126 valence electrons. The van der Waals surface area contributed by atoms with Crippen LogP contribution in [0.3, 0.4) is 0 Å². The van der Waals surface area contributed by atoms with Crippen LogP contribution < -0.4 is 14.8 Å². The Bertz CT molecular complexity index is 701. The number of rotatable bonds is 7. The van der Waals surface area contributed by atoms with Gasteiger partial charge in [-0.1, -0.05) is 35.5 Å². The number of hydrogen-bond acceptors (Lipinski definition) is 4. The van der Waals surface area contributed by atoms with E-state index in [2.05, 4.69) is 34.7 Å². The van der Waals surface area contributed by atoms with Crippen LogP contribution in [0.25, 0.3) is 0 Å². The van der Waals surface area contributed by atoms with E-state index >= 15 is 0 Å². The molecular formula is C19H23N2O3+. The van der Waals surface area contributed by atoms with Crippen molar-refractivity contribution in [3.8, 4) is 11.5 Å². The summed E-state index contributed by atoms with van der Waals surface area (Å²) in [5.74, 6) is 1.42. The smallest absolute Gasteiger partial charge is 0.181 e. The Labute approximate surface area is 142 Å². The number of methoxy groups -OCH3 is 2. The summed E-state index contributed by atoms with van der Waals surface area (Å²) in [6.45, 7) is 1.83. The highest BCUT2D eigenvalue weighted by Crippen LogP contribution is 2.29. The highest BCUT2D eigenvalue weighted by Gasteiger charge is 2.24. The van der Waals surface area contributed by atoms with Gasteiger partial charge in [-0.2, -0.15) is 0 Å². The molecule has 3 rings (SSSR count). The zero-order valence-corrected chi connectivity index (χ0v) is 14.1. The molecule has 1 aliphatic rings. The fraction of sp³-hybridized carbons (Fsp3) is 0.316. The number of benzene rings is 2. The van der Waals surface area contributed by atoms with Crippen LogP contribution in [0.15, 0.2) is 53.7 Å². The molecule has 0 aromatic heterocycles. The first-order chi connectivity index (χ1) is 11.8. The quantitative estimate of drug-likeness (QED) is 0.846. The third-order valence-corrected chi connectivity index (χ3v) is 4.10. The summed E-state index contributed by atoms with van der Waals surface area (Å²) in [6.07, 6.45) is 0.914. The third kappa shape index (κ3) is 3.86. The number of quaternary nitrogens is 1. The molecule has 1 aliphatic heterocycles. The van der Waals surface area contributed by atoms with E-state index in [1.807, 2.05) is 24.3 Å². The van der Waals surface area contributed by atoms with Crippen LogP contribution in [-0.2, 0) is 11.4 Å². The Morgan fingerprint density at radius 2 is 1.88 bits per heavy atom. The monoisotopic (exact) mass is 327 g/mol. The maximum atomic E-state index is 5.57. The molecule has 0 amide bonds. The van der Waals surface area contributed by atoms with Crippen LogP contribution in [0.5, 0.6) is 11.5 Å². The Morgan fingerprint density at radius 3 is 2.62 bits per heavy atom. The molecule has 0 unspecified atom stereocenters. The van der Waals surface area contributed by atoms with E-state index in [1.165, 1.54) is 5.56 Å². The van der Waals surface area contributed by atoms with Crippen LogP contribution in [0.2, 0.25) is 0 Å². The summed E-state index contributed by atoms with van der Waals surface area (Å²) < 4.78 is 10.6. The van der Waals surface area contributed by atoms with E-state index in [-0.39, 0.29) is 6.10 Å². The second-order valence-electron chi connectivity index (χ2n) is 5.75. The molecule has 2 aromatic carbocycles. The number of hydrogen-bond donors (Lipinski definition) is 1. The maximum absolute atomic E-state index is 5.57. The predicted molar refractivity (Wildman–Crippen MR) is 92.5 cm³/mol. The van der Waals surface area contributed by atoms with Gasteiger partial charge in [-0.05, 0) is 18.2 Å². The Balaban J connectivity index is 1.53. The topological polar surface area (TPSA) is 56.7 Å². The van der Waals surface area contributed by atoms with Gasteiger partial charge in [-0.15, -0.1) is 0 Å². The molecule has 0 fully saturated rings. The molecule has 0 bridgehead atoms. The second kappa shape index (κ2) is 7.84. The molecule has 0 spiro atoms. The van der Waals surface area contributed by atoms with Gasteiger partial charge >= 0.3 is 0 Å². The summed E-state index contributed by atoms with van der Waals surface area (Å²) in [7, 11) is 3.27. The van der Waals surface area contributed by atoms with Crippen LogP contribution in [0, 0.1) is 0 Å². The predicted octanol–water partition coefficient (Wildman–Crippen LogP) is 1.96. The van der Waals surface area contributed by atoms with Crippen LogP contribution >= 0.6 is 0 Å². The van der Waals surface area contributed by atoms with E-state index in [4.69, 9.17) is 14.3 Å². The summed E-state index contributed by atoms with van der Waals surface area (Å²) in [6, 6.07) is 16.3. The van der Waals surface area contributed by atoms with Crippen molar-refractivity contribution in [2.24, 2.45) is 5.16 Å². The molecule has 1 atom stereocenters. The fourth-order valence-electron chi connectivity index (χ4n) is 2.79. The first kappa shape index (κ1) is 16.3. The van der Waals surface area contributed by atoms with Crippen molar-refractivity contribution in [1.82, 2.24) is 0 Å². The average Bonchev–Trinajstić information content (AvgIpc) is 3.11. The third-order valence-electron chi connectivity index (χ3n) is 4.10. The van der Waals surface area contributed by atoms with Gasteiger partial charge in [0.2, 0.25) is 0 Å². The van der Waals surface area contributed by atoms with Gasteiger partial charge in [0.25, 0.3) is 0 Å². The standard InChI is InChI=1S/C19H22N2O3/c1-22-18-9-8-15(10-19(18)23-2)17-11-16(24-21-17)13-20-12-14-6-4-3-5-7-14/h3-10,16,20H,11-13H2,1-2H3/p+1/t16-/m0/s1. The molecule has 2 N–H and O–H groups in total. The Kier molecular flexibility index (Phi) is 5.33. The maximum Gasteiger partial charge on any atom is 0.181 e. The molecule has 0 saturated carbocycles. The van der Waals surface area contributed by atoms with Crippen LogP contribution in [0.4, 0.5) is 0 Å².